The van der Waals surface area contributed by atoms with Crippen LogP contribution in [0, 0.1) is 5.41 Å². The van der Waals surface area contributed by atoms with Gasteiger partial charge in [-0.2, -0.15) is 4.98 Å². The lowest BCUT2D eigenvalue weighted by Crippen LogP contribution is -2.56. The second kappa shape index (κ2) is 14.7. The van der Waals surface area contributed by atoms with Crippen molar-refractivity contribution in [2.75, 3.05) is 33.9 Å². The Hall–Kier alpha value is -3.93. The fraction of sp³-hybridized carbons (Fsp3) is 0.439. The number of carboxylic acids is 1. The molecule has 1 saturated carbocycles. The van der Waals surface area contributed by atoms with E-state index in [1.165, 1.54) is 0 Å². The fourth-order valence-electron chi connectivity index (χ4n) is 8.92. The number of hydrogen-bond acceptors (Lipinski definition) is 9. The Kier molecular flexibility index (Phi) is 10.0. The van der Waals surface area contributed by atoms with Crippen LogP contribution < -0.4 is 14.2 Å². The van der Waals surface area contributed by atoms with Crippen molar-refractivity contribution in [3.05, 3.63) is 86.9 Å². The highest BCUT2D eigenvalue weighted by molar-refractivity contribution is 6.36. The number of piperidine rings is 2. The van der Waals surface area contributed by atoms with Crippen LogP contribution in [-0.4, -0.2) is 81.9 Å². The van der Waals surface area contributed by atoms with Crippen molar-refractivity contribution in [3.8, 4) is 40.0 Å². The van der Waals surface area contributed by atoms with Crippen LogP contribution in [0.4, 0.5) is 0 Å². The lowest BCUT2D eigenvalue weighted by atomic mass is 9.67. The zero-order valence-corrected chi connectivity index (χ0v) is 31.5. The van der Waals surface area contributed by atoms with Crippen molar-refractivity contribution in [3.63, 3.8) is 0 Å². The van der Waals surface area contributed by atoms with Crippen LogP contribution >= 0.6 is 23.2 Å². The van der Waals surface area contributed by atoms with Crippen molar-refractivity contribution in [2.24, 2.45) is 5.41 Å². The maximum absolute atomic E-state index is 12.2. The Morgan fingerprint density at radius 2 is 1.62 bits per heavy atom. The molecule has 53 heavy (non-hydrogen) atoms. The summed E-state index contributed by atoms with van der Waals surface area (Å²) in [5.74, 6) is 0.579. The number of likely N-dealkylation sites (tertiary alicyclic amines) is 1. The minimum atomic E-state index is -0.707. The Morgan fingerprint density at radius 3 is 2.36 bits per heavy atom. The number of aliphatic hydroxyl groups is 1. The van der Waals surface area contributed by atoms with E-state index in [0.29, 0.717) is 59.9 Å². The van der Waals surface area contributed by atoms with Crippen molar-refractivity contribution in [1.82, 2.24) is 19.8 Å². The summed E-state index contributed by atoms with van der Waals surface area (Å²) in [6, 6.07) is 18.4. The van der Waals surface area contributed by atoms with Crippen LogP contribution in [0.15, 0.2) is 54.6 Å². The van der Waals surface area contributed by atoms with Gasteiger partial charge in [0, 0.05) is 61.0 Å². The number of ether oxygens (including phenoxy) is 3. The van der Waals surface area contributed by atoms with Gasteiger partial charge in [-0.3, -0.25) is 14.6 Å². The molecule has 278 valence electrons. The van der Waals surface area contributed by atoms with Gasteiger partial charge >= 0.3 is 5.97 Å². The van der Waals surface area contributed by atoms with Crippen LogP contribution in [0.25, 0.3) is 22.4 Å². The third-order valence-corrected chi connectivity index (χ3v) is 12.4. The largest absolute Gasteiger partial charge is 0.481 e. The summed E-state index contributed by atoms with van der Waals surface area (Å²) >= 11 is 14.0. The first-order valence-electron chi connectivity index (χ1n) is 18.4. The molecule has 3 aliphatic heterocycles. The van der Waals surface area contributed by atoms with E-state index in [9.17, 15) is 15.0 Å². The van der Waals surface area contributed by atoms with Crippen molar-refractivity contribution in [1.29, 1.82) is 0 Å². The number of carboxylic acid groups (broad SMARTS) is 1. The van der Waals surface area contributed by atoms with Crippen LogP contribution in [0.3, 0.4) is 0 Å². The number of methoxy groups -OCH3 is 2. The summed E-state index contributed by atoms with van der Waals surface area (Å²) in [7, 11) is 3.21. The number of rotatable bonds is 11. The number of pyridine rings is 2. The van der Waals surface area contributed by atoms with Crippen LogP contribution in [-0.2, 0) is 24.3 Å². The number of fused-ring (bicyclic) bond motifs is 4. The molecule has 9 rings (SSSR count). The molecule has 10 nitrogen and oxygen atoms in total. The minimum Gasteiger partial charge on any atom is -0.481 e. The maximum Gasteiger partial charge on any atom is 0.310 e. The average Bonchev–Trinajstić information content (AvgIpc) is 3.78. The molecule has 0 spiro atoms. The molecule has 4 aromatic rings. The van der Waals surface area contributed by atoms with Gasteiger partial charge < -0.3 is 24.4 Å². The number of aliphatic carboxylic acids is 1. The first kappa shape index (κ1) is 36.1. The molecule has 2 bridgehead atoms. The molecule has 2 N–H and O–H groups in total. The van der Waals surface area contributed by atoms with E-state index in [1.807, 2.05) is 42.5 Å². The Balaban J connectivity index is 1.02. The topological polar surface area (TPSA) is 117 Å². The number of β-amino-alcohol motifs (C(OH)–C–C–N with tert-alkyl or cyclic N) is 1. The highest BCUT2D eigenvalue weighted by Gasteiger charge is 2.49. The van der Waals surface area contributed by atoms with Gasteiger partial charge in [0.05, 0.1) is 36.5 Å². The molecule has 5 heterocycles. The molecule has 0 amide bonds. The Labute approximate surface area is 319 Å². The van der Waals surface area contributed by atoms with Crippen LogP contribution in [0.1, 0.15) is 66.9 Å². The summed E-state index contributed by atoms with van der Waals surface area (Å²) in [5, 5.41) is 21.0. The van der Waals surface area contributed by atoms with Gasteiger partial charge in [-0.05, 0) is 73.8 Å². The van der Waals surface area contributed by atoms with E-state index in [-0.39, 0.29) is 12.2 Å². The number of halogens is 2. The Bertz CT molecular complexity index is 2040. The fourth-order valence-corrected chi connectivity index (χ4v) is 9.47. The zero-order valence-electron chi connectivity index (χ0n) is 30.0. The first-order valence-corrected chi connectivity index (χ1v) is 19.1. The number of nitrogens with zero attached hydrogens (tertiary/aromatic N) is 4. The van der Waals surface area contributed by atoms with E-state index < -0.39 is 11.4 Å². The molecule has 0 radical (unpaired) electrons. The molecule has 2 aliphatic carbocycles. The highest BCUT2D eigenvalue weighted by atomic mass is 35.5. The lowest BCUT2D eigenvalue weighted by Gasteiger charge is -2.50. The summed E-state index contributed by atoms with van der Waals surface area (Å²) < 4.78 is 18.0. The third kappa shape index (κ3) is 6.85. The molecular formula is C41H44Cl2N4O6. The molecular weight excluding hydrogens is 715 g/mol. The molecule has 5 aliphatic rings. The van der Waals surface area contributed by atoms with E-state index in [0.717, 1.165) is 96.1 Å². The monoisotopic (exact) mass is 758 g/mol. The molecule has 2 aromatic heterocycles. The predicted octanol–water partition coefficient (Wildman–Crippen LogP) is 7.60. The lowest BCUT2D eigenvalue weighted by molar-refractivity contribution is -0.159. The molecule has 4 fully saturated rings. The maximum atomic E-state index is 12.2. The predicted molar refractivity (Wildman–Crippen MR) is 203 cm³/mol. The van der Waals surface area contributed by atoms with Gasteiger partial charge in [0.25, 0.3) is 0 Å². The normalized spacial score (nSPS) is 24.0. The number of hydrogen-bond donors (Lipinski definition) is 2. The summed E-state index contributed by atoms with van der Waals surface area (Å²) in [6.07, 6.45) is 4.95. The second-order valence-corrected chi connectivity index (χ2v) is 15.7. The van der Waals surface area contributed by atoms with Gasteiger partial charge in [-0.25, -0.2) is 4.98 Å². The van der Waals surface area contributed by atoms with Crippen LogP contribution in [0.2, 0.25) is 10.0 Å². The molecule has 2 aromatic carbocycles. The van der Waals surface area contributed by atoms with E-state index in [4.69, 9.17) is 47.4 Å². The van der Waals surface area contributed by atoms with Gasteiger partial charge in [0.15, 0.2) is 0 Å². The smallest absolute Gasteiger partial charge is 0.310 e. The summed E-state index contributed by atoms with van der Waals surface area (Å²) in [5.41, 5.74) is 6.81. The molecule has 2 atom stereocenters. The number of aliphatic hydroxyl groups excluding tert-OH is 1. The standard InChI is InChI=1S/C41H44Cl2N4O6/c1-51-37-24(20-46-18-15-27(48)22-46)9-11-34(44-37)32-8-4-7-31(36(32)43)28-5-3-6-30-29(28)10-12-35(30)53-39-33(42)19-25(38(45-39)52-2)21-47-23-41(40(49)50)16-13-26(47)14-17-41/h3-9,11,19,26-27,35,48H,10,12-18,20-23H2,1-2H3,(H,49,50)/t26?,27-,35+,41?/m1/s1. The number of aromatic nitrogens is 2. The summed E-state index contributed by atoms with van der Waals surface area (Å²) in [4.78, 5) is 26.2. The summed E-state index contributed by atoms with van der Waals surface area (Å²) in [6.45, 7) is 3.18. The van der Waals surface area contributed by atoms with Crippen LogP contribution in [0.5, 0.6) is 17.6 Å². The van der Waals surface area contributed by atoms with Crippen molar-refractivity contribution >= 4 is 29.2 Å². The van der Waals surface area contributed by atoms with Gasteiger partial charge in [-0.15, -0.1) is 0 Å². The average molecular weight is 760 g/mol. The highest BCUT2D eigenvalue weighted by Crippen LogP contribution is 2.47. The third-order valence-electron chi connectivity index (χ3n) is 11.7. The van der Waals surface area contributed by atoms with Gasteiger partial charge in [0.2, 0.25) is 17.6 Å². The minimum absolute atomic E-state index is 0.268. The number of carbonyl (C=O) groups is 1. The van der Waals surface area contributed by atoms with E-state index in [2.05, 4.69) is 21.9 Å². The van der Waals surface area contributed by atoms with E-state index >= 15 is 0 Å². The zero-order chi connectivity index (χ0) is 36.9. The second-order valence-electron chi connectivity index (χ2n) is 14.9. The molecule has 12 heteroatoms. The van der Waals surface area contributed by atoms with Crippen molar-refractivity contribution < 1.29 is 29.2 Å². The van der Waals surface area contributed by atoms with Gasteiger partial charge in [0.1, 0.15) is 11.1 Å². The quantitative estimate of drug-likeness (QED) is 0.158. The van der Waals surface area contributed by atoms with Gasteiger partial charge in [-0.1, -0.05) is 65.7 Å². The molecule has 0 unspecified atom stereocenters. The van der Waals surface area contributed by atoms with E-state index in [1.54, 1.807) is 14.2 Å². The SMILES string of the molecule is COc1nc(-c2cccc(-c3cccc4c3CC[C@@H]4Oc3nc(OC)c(CN4CC5(C(=O)O)CCC4CC5)cc3Cl)c2Cl)ccc1CN1CC[C@@H](O)C1. The Morgan fingerprint density at radius 1 is 0.887 bits per heavy atom. The first-order chi connectivity index (χ1) is 25.7. The number of benzene rings is 2. The van der Waals surface area contributed by atoms with Crippen molar-refractivity contribution in [2.45, 2.75) is 76.3 Å². The molecule has 3 saturated heterocycles.